The largest absolute Gasteiger partial charge is 0.457 e. The second-order valence-corrected chi connectivity index (χ2v) is 8.44. The highest BCUT2D eigenvalue weighted by atomic mass is 16.6. The van der Waals surface area contributed by atoms with Gasteiger partial charge >= 0.3 is 11.9 Å². The minimum absolute atomic E-state index is 0.116. The number of aromatic nitrogens is 4. The van der Waals surface area contributed by atoms with Crippen molar-refractivity contribution in [1.29, 1.82) is 0 Å². The Balaban J connectivity index is 1.50. The molecule has 1 aromatic carbocycles. The molecule has 0 fully saturated rings. The van der Waals surface area contributed by atoms with Crippen molar-refractivity contribution in [3.63, 3.8) is 0 Å². The maximum Gasteiger partial charge on any atom is 0.355 e. The van der Waals surface area contributed by atoms with Crippen molar-refractivity contribution in [2.45, 2.75) is 38.6 Å². The molecule has 0 aliphatic carbocycles. The predicted molar refractivity (Wildman–Crippen MR) is 121 cm³/mol. The molecule has 0 saturated heterocycles. The highest BCUT2D eigenvalue weighted by molar-refractivity contribution is 5.88. The number of carbonyl (C=O) groups is 2. The molecule has 0 saturated carbocycles. The van der Waals surface area contributed by atoms with Gasteiger partial charge < -0.3 is 14.0 Å². The summed E-state index contributed by atoms with van der Waals surface area (Å²) < 4.78 is 14.2. The van der Waals surface area contributed by atoms with Gasteiger partial charge in [0.15, 0.2) is 0 Å². The van der Waals surface area contributed by atoms with E-state index in [-0.39, 0.29) is 25.1 Å². The van der Waals surface area contributed by atoms with Crippen molar-refractivity contribution in [2.24, 2.45) is 0 Å². The molecule has 34 heavy (non-hydrogen) atoms. The predicted octanol–water partition coefficient (Wildman–Crippen LogP) is 2.53. The number of esters is 2. The van der Waals surface area contributed by atoms with Crippen LogP contribution in [0.4, 0.5) is 0 Å². The normalized spacial score (nSPS) is 18.2. The van der Waals surface area contributed by atoms with Crippen LogP contribution in [0.5, 0.6) is 0 Å². The number of hydrogen-bond donors (Lipinski definition) is 0. The fraction of sp³-hybridized carbons (Fsp3) is 0.240. The van der Waals surface area contributed by atoms with Crippen molar-refractivity contribution in [1.82, 2.24) is 19.3 Å². The minimum atomic E-state index is -1.72. The van der Waals surface area contributed by atoms with Gasteiger partial charge in [0, 0.05) is 28.9 Å². The van der Waals surface area contributed by atoms with E-state index in [0.717, 1.165) is 16.5 Å². The molecule has 6 rings (SSSR count). The highest BCUT2D eigenvalue weighted by Crippen LogP contribution is 2.41. The summed E-state index contributed by atoms with van der Waals surface area (Å²) in [5.74, 6) is -1.34. The first-order valence-corrected chi connectivity index (χ1v) is 11.0. The molecule has 9 heteroatoms. The summed E-state index contributed by atoms with van der Waals surface area (Å²) in [4.78, 5) is 44.1. The van der Waals surface area contributed by atoms with E-state index < -0.39 is 17.5 Å². The lowest BCUT2D eigenvalue weighted by Gasteiger charge is -2.35. The number of nitrogens with zero attached hydrogens (tertiary/aromatic N) is 4. The van der Waals surface area contributed by atoms with Gasteiger partial charge in [0.2, 0.25) is 5.60 Å². The van der Waals surface area contributed by atoms with Crippen molar-refractivity contribution in [3.8, 4) is 11.4 Å². The minimum Gasteiger partial charge on any atom is -0.457 e. The second-order valence-electron chi connectivity index (χ2n) is 8.44. The lowest BCUT2D eigenvalue weighted by atomic mass is 9.85. The summed E-state index contributed by atoms with van der Waals surface area (Å²) in [6, 6.07) is 13.2. The molecule has 2 aliphatic rings. The Morgan fingerprint density at radius 1 is 1.21 bits per heavy atom. The molecule has 0 radical (unpaired) electrons. The first-order chi connectivity index (χ1) is 16.5. The van der Waals surface area contributed by atoms with E-state index in [1.807, 2.05) is 30.3 Å². The molecule has 5 heterocycles. The Labute approximate surface area is 193 Å². The van der Waals surface area contributed by atoms with E-state index >= 15 is 0 Å². The number of fused-ring (bicyclic) bond motifs is 5. The van der Waals surface area contributed by atoms with Crippen LogP contribution in [0.1, 0.15) is 30.0 Å². The van der Waals surface area contributed by atoms with E-state index in [4.69, 9.17) is 14.5 Å². The van der Waals surface area contributed by atoms with Gasteiger partial charge in [-0.15, -0.1) is 0 Å². The van der Waals surface area contributed by atoms with E-state index in [1.54, 1.807) is 36.0 Å². The van der Waals surface area contributed by atoms with Crippen molar-refractivity contribution < 1.29 is 19.1 Å². The fourth-order valence-electron chi connectivity index (χ4n) is 4.84. The maximum absolute atomic E-state index is 13.5. The third-order valence-corrected chi connectivity index (χ3v) is 6.52. The molecule has 3 aromatic heterocycles. The number of carbonyl (C=O) groups excluding carboxylic acids is 2. The second kappa shape index (κ2) is 7.38. The summed E-state index contributed by atoms with van der Waals surface area (Å²) >= 11 is 0. The third kappa shape index (κ3) is 2.89. The van der Waals surface area contributed by atoms with Gasteiger partial charge in [-0.1, -0.05) is 25.1 Å². The molecule has 0 N–H and O–H groups in total. The van der Waals surface area contributed by atoms with Crippen LogP contribution >= 0.6 is 0 Å². The Kier molecular flexibility index (Phi) is 4.41. The van der Waals surface area contributed by atoms with Crippen LogP contribution in [0.15, 0.2) is 59.7 Å². The van der Waals surface area contributed by atoms with Gasteiger partial charge in [-0.25, -0.2) is 14.6 Å². The number of cyclic esters (lactones) is 1. The Bertz CT molecular complexity index is 1540. The zero-order chi connectivity index (χ0) is 23.4. The summed E-state index contributed by atoms with van der Waals surface area (Å²) in [6.45, 7) is 1.76. The summed E-state index contributed by atoms with van der Waals surface area (Å²) in [6.07, 6.45) is 3.29. The van der Waals surface area contributed by atoms with Crippen LogP contribution in [0.2, 0.25) is 0 Å². The van der Waals surface area contributed by atoms with Gasteiger partial charge in [0.1, 0.15) is 13.2 Å². The third-order valence-electron chi connectivity index (χ3n) is 6.52. The molecule has 1 atom stereocenters. The molecular formula is C25H20N4O5. The zero-order valence-corrected chi connectivity index (χ0v) is 18.4. The number of rotatable bonds is 4. The topological polar surface area (TPSA) is 105 Å². The standard InChI is InChI=1S/C25H20N4O5/c1-2-25(34-21(30)13-28-9-5-8-26-28)18-11-20-22-16(10-15-6-3-4-7-19(15)27-22)12-29(20)23(31)17(18)14-33-24(25)32/h3-11H,2,12-14H2,1H3/t25-/m0/s1. The number of para-hydroxylation sites is 1. The molecule has 4 aromatic rings. The van der Waals surface area contributed by atoms with Gasteiger partial charge in [-0.2, -0.15) is 5.10 Å². The molecule has 9 nitrogen and oxygen atoms in total. The van der Waals surface area contributed by atoms with Crippen molar-refractivity contribution in [3.05, 3.63) is 81.9 Å². The highest BCUT2D eigenvalue weighted by Gasteiger charge is 2.50. The lowest BCUT2D eigenvalue weighted by Crippen LogP contribution is -2.48. The molecular weight excluding hydrogens is 436 g/mol. The number of pyridine rings is 2. The summed E-state index contributed by atoms with van der Waals surface area (Å²) in [7, 11) is 0. The summed E-state index contributed by atoms with van der Waals surface area (Å²) in [5, 5.41) is 5.00. The zero-order valence-electron chi connectivity index (χ0n) is 18.4. The fourth-order valence-corrected chi connectivity index (χ4v) is 4.84. The molecule has 170 valence electrons. The molecule has 2 aliphatic heterocycles. The van der Waals surface area contributed by atoms with Crippen LogP contribution in [-0.4, -0.2) is 31.3 Å². The van der Waals surface area contributed by atoms with Crippen molar-refractivity contribution in [2.75, 3.05) is 0 Å². The quantitative estimate of drug-likeness (QED) is 0.383. The number of hydrogen-bond acceptors (Lipinski definition) is 7. The molecule has 0 unspecified atom stereocenters. The Morgan fingerprint density at radius 3 is 2.85 bits per heavy atom. The monoisotopic (exact) mass is 456 g/mol. The van der Waals surface area contributed by atoms with E-state index in [1.165, 1.54) is 4.68 Å². The number of ether oxygens (including phenoxy) is 2. The molecule has 0 spiro atoms. The van der Waals surface area contributed by atoms with Gasteiger partial charge in [-0.05, 0) is 30.7 Å². The van der Waals surface area contributed by atoms with E-state index in [9.17, 15) is 14.4 Å². The van der Waals surface area contributed by atoms with Gasteiger partial charge in [0.05, 0.1) is 29.0 Å². The Morgan fingerprint density at radius 2 is 2.06 bits per heavy atom. The first-order valence-electron chi connectivity index (χ1n) is 11.0. The van der Waals surface area contributed by atoms with Crippen molar-refractivity contribution >= 4 is 22.8 Å². The van der Waals surface area contributed by atoms with Crippen LogP contribution in [-0.2, 0) is 44.4 Å². The SMILES string of the molecule is CC[C@@]1(OC(=O)Cn2cccn2)C(=O)OCc2c1cc1n(c2=O)Cc2cc3ccccc3nc2-1. The van der Waals surface area contributed by atoms with Crippen LogP contribution in [0, 0.1) is 0 Å². The molecule has 0 amide bonds. The first kappa shape index (κ1) is 20.3. The average Bonchev–Trinajstić information content (AvgIpc) is 3.47. The van der Waals surface area contributed by atoms with Gasteiger partial charge in [-0.3, -0.25) is 9.48 Å². The smallest absolute Gasteiger partial charge is 0.355 e. The van der Waals surface area contributed by atoms with Crippen LogP contribution in [0.25, 0.3) is 22.3 Å². The van der Waals surface area contributed by atoms with E-state index in [2.05, 4.69) is 5.10 Å². The maximum atomic E-state index is 13.5. The summed E-state index contributed by atoms with van der Waals surface area (Å²) in [5.41, 5.74) is 1.70. The van der Waals surface area contributed by atoms with E-state index in [0.29, 0.717) is 29.1 Å². The Hall–Kier alpha value is -4.27. The number of benzene rings is 1. The van der Waals surface area contributed by atoms with Crippen LogP contribution < -0.4 is 5.56 Å². The van der Waals surface area contributed by atoms with Crippen LogP contribution in [0.3, 0.4) is 0 Å². The molecule has 0 bridgehead atoms. The average molecular weight is 456 g/mol. The lowest BCUT2D eigenvalue weighted by molar-refractivity contribution is -0.190. The van der Waals surface area contributed by atoms with Gasteiger partial charge in [0.25, 0.3) is 5.56 Å².